The van der Waals surface area contributed by atoms with E-state index in [9.17, 15) is 4.39 Å². The number of hydrogen-bond donors (Lipinski definition) is 1. The molecular weight excluding hydrogens is 265 g/mol. The molecule has 1 fully saturated rings. The summed E-state index contributed by atoms with van der Waals surface area (Å²) in [5.74, 6) is 6.17. The standard InChI is InChI=1S/C18H24FNO/c1-2-10-20(13-15-6-7-15)14-16-8-9-18(19)17(12-16)5-3-4-11-21/h8-9,12,15,21H,2,4,6-7,10-11,13-14H2,1H3. The van der Waals surface area contributed by atoms with Crippen molar-refractivity contribution in [2.75, 3.05) is 19.7 Å². The topological polar surface area (TPSA) is 23.5 Å². The number of nitrogens with zero attached hydrogens (tertiary/aromatic N) is 1. The number of hydrogen-bond acceptors (Lipinski definition) is 2. The first kappa shape index (κ1) is 16.0. The van der Waals surface area contributed by atoms with Gasteiger partial charge in [-0.3, -0.25) is 4.90 Å². The summed E-state index contributed by atoms with van der Waals surface area (Å²) in [4.78, 5) is 2.45. The van der Waals surface area contributed by atoms with Crippen molar-refractivity contribution in [1.29, 1.82) is 0 Å². The van der Waals surface area contributed by atoms with Crippen LogP contribution in [0.1, 0.15) is 43.7 Å². The molecule has 1 aromatic carbocycles. The Hall–Kier alpha value is -1.37. The van der Waals surface area contributed by atoms with E-state index in [-0.39, 0.29) is 12.4 Å². The van der Waals surface area contributed by atoms with E-state index in [2.05, 4.69) is 23.7 Å². The summed E-state index contributed by atoms with van der Waals surface area (Å²) in [6, 6.07) is 5.19. The molecule has 0 atom stereocenters. The van der Waals surface area contributed by atoms with Gasteiger partial charge in [-0.2, -0.15) is 0 Å². The minimum Gasteiger partial charge on any atom is -0.395 e. The van der Waals surface area contributed by atoms with Crippen LogP contribution >= 0.6 is 0 Å². The number of halogens is 1. The maximum absolute atomic E-state index is 13.7. The molecule has 0 aromatic heterocycles. The maximum Gasteiger partial charge on any atom is 0.138 e. The fourth-order valence-electron chi connectivity index (χ4n) is 2.46. The van der Waals surface area contributed by atoms with E-state index < -0.39 is 0 Å². The Morgan fingerprint density at radius 3 is 2.86 bits per heavy atom. The Kier molecular flexibility index (Phi) is 6.22. The Labute approximate surface area is 127 Å². The molecule has 1 saturated carbocycles. The van der Waals surface area contributed by atoms with Crippen LogP contribution in [0.5, 0.6) is 0 Å². The number of aliphatic hydroxyl groups excluding tert-OH is 1. The van der Waals surface area contributed by atoms with Crippen LogP contribution in [-0.2, 0) is 6.54 Å². The molecule has 0 heterocycles. The molecular formula is C18H24FNO. The van der Waals surface area contributed by atoms with Crippen LogP contribution in [0.4, 0.5) is 4.39 Å². The number of benzene rings is 1. The lowest BCUT2D eigenvalue weighted by Gasteiger charge is -2.21. The maximum atomic E-state index is 13.7. The zero-order valence-corrected chi connectivity index (χ0v) is 12.7. The second-order valence-electron chi connectivity index (χ2n) is 5.77. The molecule has 1 aromatic rings. The average molecular weight is 289 g/mol. The fraction of sp³-hybridized carbons (Fsp3) is 0.556. The van der Waals surface area contributed by atoms with Crippen molar-refractivity contribution in [3.63, 3.8) is 0 Å². The van der Waals surface area contributed by atoms with E-state index in [0.717, 1.165) is 37.5 Å². The molecule has 1 N–H and O–H groups in total. The van der Waals surface area contributed by atoms with Crippen molar-refractivity contribution in [3.8, 4) is 11.8 Å². The highest BCUT2D eigenvalue weighted by Crippen LogP contribution is 2.30. The molecule has 0 spiro atoms. The van der Waals surface area contributed by atoms with Crippen LogP contribution in [0.2, 0.25) is 0 Å². The summed E-state index contributed by atoms with van der Waals surface area (Å²) in [6.45, 7) is 5.30. The third-order valence-electron chi connectivity index (χ3n) is 3.65. The highest BCUT2D eigenvalue weighted by atomic mass is 19.1. The highest BCUT2D eigenvalue weighted by Gasteiger charge is 2.23. The molecule has 0 aliphatic heterocycles. The van der Waals surface area contributed by atoms with Gasteiger partial charge in [0, 0.05) is 19.5 Å². The monoisotopic (exact) mass is 289 g/mol. The van der Waals surface area contributed by atoms with Crippen molar-refractivity contribution >= 4 is 0 Å². The zero-order valence-electron chi connectivity index (χ0n) is 12.7. The minimum atomic E-state index is -0.284. The van der Waals surface area contributed by atoms with Gasteiger partial charge < -0.3 is 5.11 Å². The SMILES string of the molecule is CCCN(Cc1ccc(F)c(C#CCCO)c1)CC1CC1. The summed E-state index contributed by atoms with van der Waals surface area (Å²) in [6.07, 6.45) is 4.22. The largest absolute Gasteiger partial charge is 0.395 e. The summed E-state index contributed by atoms with van der Waals surface area (Å²) >= 11 is 0. The van der Waals surface area contributed by atoms with E-state index in [1.807, 2.05) is 12.1 Å². The van der Waals surface area contributed by atoms with Gasteiger partial charge in [0.1, 0.15) is 5.82 Å². The first-order chi connectivity index (χ1) is 10.2. The van der Waals surface area contributed by atoms with Gasteiger partial charge in [0.05, 0.1) is 12.2 Å². The van der Waals surface area contributed by atoms with Crippen molar-refractivity contribution < 1.29 is 9.50 Å². The fourth-order valence-corrected chi connectivity index (χ4v) is 2.46. The van der Waals surface area contributed by atoms with Gasteiger partial charge in [0.15, 0.2) is 0 Å². The number of rotatable bonds is 7. The van der Waals surface area contributed by atoms with E-state index in [1.54, 1.807) is 0 Å². The molecule has 0 unspecified atom stereocenters. The summed E-state index contributed by atoms with van der Waals surface area (Å²) in [7, 11) is 0. The lowest BCUT2D eigenvalue weighted by molar-refractivity contribution is 0.255. The van der Waals surface area contributed by atoms with Crippen LogP contribution in [0.3, 0.4) is 0 Å². The quantitative estimate of drug-likeness (QED) is 0.779. The molecule has 2 rings (SSSR count). The molecule has 0 amide bonds. The number of aliphatic hydroxyl groups is 1. The van der Waals surface area contributed by atoms with E-state index in [0.29, 0.717) is 12.0 Å². The summed E-state index contributed by atoms with van der Waals surface area (Å²) in [5, 5.41) is 8.73. The molecule has 0 bridgehead atoms. The van der Waals surface area contributed by atoms with Crippen molar-refractivity contribution in [3.05, 3.63) is 35.1 Å². The zero-order chi connectivity index (χ0) is 15.1. The average Bonchev–Trinajstić information content (AvgIpc) is 3.27. The second kappa shape index (κ2) is 8.17. The van der Waals surface area contributed by atoms with Gasteiger partial charge in [-0.25, -0.2) is 4.39 Å². The molecule has 0 radical (unpaired) electrons. The van der Waals surface area contributed by atoms with Crippen LogP contribution in [0.15, 0.2) is 18.2 Å². The molecule has 1 aliphatic rings. The second-order valence-corrected chi connectivity index (χ2v) is 5.77. The van der Waals surface area contributed by atoms with Crippen LogP contribution in [0, 0.1) is 23.6 Å². The molecule has 21 heavy (non-hydrogen) atoms. The highest BCUT2D eigenvalue weighted by molar-refractivity contribution is 5.38. The first-order valence-electron chi connectivity index (χ1n) is 7.83. The predicted octanol–water partition coefficient (Wildman–Crippen LogP) is 3.18. The smallest absolute Gasteiger partial charge is 0.138 e. The van der Waals surface area contributed by atoms with Gasteiger partial charge >= 0.3 is 0 Å². The Morgan fingerprint density at radius 1 is 1.38 bits per heavy atom. The third-order valence-corrected chi connectivity index (χ3v) is 3.65. The van der Waals surface area contributed by atoms with Crippen molar-refractivity contribution in [1.82, 2.24) is 4.90 Å². The Morgan fingerprint density at radius 2 is 2.19 bits per heavy atom. The van der Waals surface area contributed by atoms with Gasteiger partial charge in [-0.15, -0.1) is 0 Å². The van der Waals surface area contributed by atoms with E-state index in [4.69, 9.17) is 5.11 Å². The van der Waals surface area contributed by atoms with Gasteiger partial charge in [0.2, 0.25) is 0 Å². The Bertz CT molecular complexity index is 514. The van der Waals surface area contributed by atoms with Gasteiger partial charge in [0.25, 0.3) is 0 Å². The summed E-state index contributed by atoms with van der Waals surface area (Å²) < 4.78 is 13.7. The van der Waals surface area contributed by atoms with Crippen molar-refractivity contribution in [2.45, 2.75) is 39.2 Å². The summed E-state index contributed by atoms with van der Waals surface area (Å²) in [5.41, 5.74) is 1.54. The van der Waals surface area contributed by atoms with Crippen LogP contribution in [-0.4, -0.2) is 29.7 Å². The lowest BCUT2D eigenvalue weighted by atomic mass is 10.1. The molecule has 3 heteroatoms. The molecule has 114 valence electrons. The molecule has 2 nitrogen and oxygen atoms in total. The van der Waals surface area contributed by atoms with Crippen LogP contribution in [0.25, 0.3) is 0 Å². The first-order valence-corrected chi connectivity index (χ1v) is 7.83. The predicted molar refractivity (Wildman–Crippen MR) is 83.3 cm³/mol. The van der Waals surface area contributed by atoms with Gasteiger partial charge in [-0.05, 0) is 49.4 Å². The van der Waals surface area contributed by atoms with Crippen LogP contribution < -0.4 is 0 Å². The lowest BCUT2D eigenvalue weighted by Crippen LogP contribution is -2.26. The molecule has 1 aliphatic carbocycles. The van der Waals surface area contributed by atoms with Crippen molar-refractivity contribution in [2.24, 2.45) is 5.92 Å². The normalized spacial score (nSPS) is 14.1. The van der Waals surface area contributed by atoms with Gasteiger partial charge in [-0.1, -0.05) is 24.8 Å². The van der Waals surface area contributed by atoms with E-state index in [1.165, 1.54) is 18.9 Å². The third kappa shape index (κ3) is 5.49. The van der Waals surface area contributed by atoms with E-state index >= 15 is 0 Å². The Balaban J connectivity index is 2.04. The molecule has 0 saturated heterocycles. The minimum absolute atomic E-state index is 0.0139.